The summed E-state index contributed by atoms with van der Waals surface area (Å²) in [7, 11) is 1.75. The number of aromatic nitrogens is 1. The lowest BCUT2D eigenvalue weighted by Crippen LogP contribution is -2.41. The number of benzene rings is 1. The number of hydrogen-bond donors (Lipinski definition) is 4. The Hall–Kier alpha value is -3.19. The van der Waals surface area contributed by atoms with E-state index in [1.54, 1.807) is 25.5 Å². The van der Waals surface area contributed by atoms with Gasteiger partial charge in [0.25, 0.3) is 5.91 Å². The predicted molar refractivity (Wildman–Crippen MR) is 124 cm³/mol. The number of amides is 1. The fraction of sp³-hybridized carbons (Fsp3) is 0.375. The van der Waals surface area contributed by atoms with Gasteiger partial charge in [0.2, 0.25) is 0 Å². The zero-order chi connectivity index (χ0) is 22.4. The lowest BCUT2D eigenvalue weighted by atomic mass is 10.1. The summed E-state index contributed by atoms with van der Waals surface area (Å²) in [6, 6.07) is 7.95. The molecular formula is C24H31N5O2. The molecule has 164 valence electrons. The van der Waals surface area contributed by atoms with Gasteiger partial charge in [0.05, 0.1) is 24.3 Å². The van der Waals surface area contributed by atoms with Crippen LogP contribution in [0.5, 0.6) is 0 Å². The normalized spacial score (nSPS) is 18.6. The second-order valence-corrected chi connectivity index (χ2v) is 7.98. The Bertz CT molecular complexity index is 986. The number of allylic oxidation sites excluding steroid dienone is 1. The van der Waals surface area contributed by atoms with Gasteiger partial charge < -0.3 is 26.5 Å². The molecule has 0 radical (unpaired) electrons. The molecule has 1 aliphatic carbocycles. The van der Waals surface area contributed by atoms with Crippen LogP contribution in [0.25, 0.3) is 5.57 Å². The second-order valence-electron chi connectivity index (χ2n) is 7.98. The summed E-state index contributed by atoms with van der Waals surface area (Å²) < 4.78 is 6.19. The molecule has 3 rings (SSSR count). The average molecular weight is 422 g/mol. The number of aryl methyl sites for hydroxylation is 2. The number of anilines is 1. The van der Waals surface area contributed by atoms with Crippen molar-refractivity contribution >= 4 is 23.5 Å². The highest BCUT2D eigenvalue weighted by Gasteiger charge is 2.30. The van der Waals surface area contributed by atoms with E-state index < -0.39 is 0 Å². The van der Waals surface area contributed by atoms with E-state index in [-0.39, 0.29) is 23.9 Å². The lowest BCUT2D eigenvalue weighted by Gasteiger charge is -2.22. The van der Waals surface area contributed by atoms with E-state index in [9.17, 15) is 4.79 Å². The first-order valence-electron chi connectivity index (χ1n) is 10.5. The van der Waals surface area contributed by atoms with Crippen molar-refractivity contribution < 1.29 is 9.53 Å². The fourth-order valence-corrected chi connectivity index (χ4v) is 3.92. The smallest absolute Gasteiger partial charge is 0.255 e. The SMILES string of the molecule is CN/C=C(\C=N)c1cnc(N)c(C(=O)N[C@H]2CCC[C@@H]2OCc2ccc(C)cc2C)c1. The van der Waals surface area contributed by atoms with Crippen LogP contribution in [0, 0.1) is 19.3 Å². The van der Waals surface area contributed by atoms with E-state index in [1.165, 1.54) is 22.9 Å². The number of nitrogens with zero attached hydrogens (tertiary/aromatic N) is 1. The molecule has 1 heterocycles. The first-order valence-corrected chi connectivity index (χ1v) is 10.5. The van der Waals surface area contributed by atoms with Crippen LogP contribution >= 0.6 is 0 Å². The summed E-state index contributed by atoms with van der Waals surface area (Å²) in [6.45, 7) is 4.70. The van der Waals surface area contributed by atoms with E-state index in [2.05, 4.69) is 47.7 Å². The Kier molecular flexibility index (Phi) is 7.41. The van der Waals surface area contributed by atoms with E-state index in [0.29, 0.717) is 23.3 Å². The number of carbonyl (C=O) groups is 1. The molecule has 1 saturated carbocycles. The summed E-state index contributed by atoms with van der Waals surface area (Å²) in [5, 5.41) is 13.6. The maximum absolute atomic E-state index is 13.0. The van der Waals surface area contributed by atoms with Crippen molar-refractivity contribution in [2.75, 3.05) is 12.8 Å². The number of rotatable bonds is 8. The molecule has 1 aromatic heterocycles. The molecule has 1 aromatic carbocycles. The number of hydrogen-bond acceptors (Lipinski definition) is 6. The van der Waals surface area contributed by atoms with Gasteiger partial charge in [0.1, 0.15) is 5.82 Å². The van der Waals surface area contributed by atoms with Crippen molar-refractivity contribution in [3.8, 4) is 0 Å². The standard InChI is InChI=1S/C24H31N5O2/c1-15-7-8-17(16(2)9-15)14-31-22-6-4-5-21(22)29-24(30)20-10-18(13-28-23(20)26)19(11-25)12-27-3/h7-13,21-22,25,27H,4-6,14H2,1-3H3,(H2,26,28)(H,29,30)/b19-12+,25-11?/t21-,22-/m0/s1. The summed E-state index contributed by atoms with van der Waals surface area (Å²) >= 11 is 0. The highest BCUT2D eigenvalue weighted by Crippen LogP contribution is 2.25. The fourth-order valence-electron chi connectivity index (χ4n) is 3.92. The molecule has 2 aromatic rings. The summed E-state index contributed by atoms with van der Waals surface area (Å²) in [6.07, 6.45) is 7.18. The van der Waals surface area contributed by atoms with Gasteiger partial charge in [-0.05, 0) is 50.3 Å². The minimum absolute atomic E-state index is 0.0386. The molecule has 0 aliphatic heterocycles. The van der Waals surface area contributed by atoms with Crippen molar-refractivity contribution in [3.63, 3.8) is 0 Å². The van der Waals surface area contributed by atoms with E-state index in [0.717, 1.165) is 19.3 Å². The molecule has 0 unspecified atom stereocenters. The average Bonchev–Trinajstić information content (AvgIpc) is 3.18. The maximum Gasteiger partial charge on any atom is 0.255 e. The van der Waals surface area contributed by atoms with Gasteiger partial charge in [-0.2, -0.15) is 0 Å². The van der Waals surface area contributed by atoms with Crippen molar-refractivity contribution in [1.82, 2.24) is 15.6 Å². The number of carbonyl (C=O) groups excluding carboxylic acids is 1. The lowest BCUT2D eigenvalue weighted by molar-refractivity contribution is 0.0270. The van der Waals surface area contributed by atoms with Gasteiger partial charge in [0.15, 0.2) is 0 Å². The molecule has 0 saturated heterocycles. The van der Waals surface area contributed by atoms with E-state index in [1.807, 2.05) is 0 Å². The van der Waals surface area contributed by atoms with Crippen LogP contribution < -0.4 is 16.4 Å². The Morgan fingerprint density at radius 1 is 1.32 bits per heavy atom. The molecular weight excluding hydrogens is 390 g/mol. The van der Waals surface area contributed by atoms with Crippen LogP contribution in [0.1, 0.15) is 51.9 Å². The van der Waals surface area contributed by atoms with Gasteiger partial charge in [-0.3, -0.25) is 4.79 Å². The number of nitrogens with two attached hydrogens (primary N) is 1. The summed E-state index contributed by atoms with van der Waals surface area (Å²) in [5.41, 5.74) is 11.2. The van der Waals surface area contributed by atoms with E-state index in [4.69, 9.17) is 15.9 Å². The van der Waals surface area contributed by atoms with Gasteiger partial charge in [-0.15, -0.1) is 0 Å². The van der Waals surface area contributed by atoms with Crippen LogP contribution in [0.15, 0.2) is 36.7 Å². The number of ether oxygens (including phenoxy) is 1. The van der Waals surface area contributed by atoms with Crippen LogP contribution in [-0.2, 0) is 11.3 Å². The Morgan fingerprint density at radius 3 is 2.84 bits per heavy atom. The van der Waals surface area contributed by atoms with Crippen molar-refractivity contribution in [1.29, 1.82) is 5.41 Å². The zero-order valence-electron chi connectivity index (χ0n) is 18.4. The molecule has 7 nitrogen and oxygen atoms in total. The Morgan fingerprint density at radius 2 is 2.13 bits per heavy atom. The van der Waals surface area contributed by atoms with Gasteiger partial charge in [-0.25, -0.2) is 4.98 Å². The largest absolute Gasteiger partial charge is 0.393 e. The van der Waals surface area contributed by atoms with Gasteiger partial charge in [-0.1, -0.05) is 23.8 Å². The van der Waals surface area contributed by atoms with Crippen molar-refractivity contribution in [2.24, 2.45) is 0 Å². The molecule has 0 spiro atoms. The number of nitrogens with one attached hydrogen (secondary N) is 3. The van der Waals surface area contributed by atoms with Crippen LogP contribution in [0.2, 0.25) is 0 Å². The summed E-state index contributed by atoms with van der Waals surface area (Å²) in [4.78, 5) is 17.1. The van der Waals surface area contributed by atoms with Crippen molar-refractivity contribution in [2.45, 2.75) is 51.9 Å². The van der Waals surface area contributed by atoms with Crippen LogP contribution in [0.4, 0.5) is 5.82 Å². The molecule has 5 N–H and O–H groups in total. The van der Waals surface area contributed by atoms with E-state index >= 15 is 0 Å². The number of nitrogen functional groups attached to an aromatic ring is 1. The molecule has 7 heteroatoms. The molecule has 0 bridgehead atoms. The third-order valence-electron chi connectivity index (χ3n) is 5.67. The Balaban J connectivity index is 1.69. The first-order chi connectivity index (χ1) is 14.9. The molecule has 31 heavy (non-hydrogen) atoms. The minimum atomic E-state index is -0.271. The first kappa shape index (κ1) is 22.5. The minimum Gasteiger partial charge on any atom is -0.393 e. The monoisotopic (exact) mass is 421 g/mol. The van der Waals surface area contributed by atoms with Gasteiger partial charge >= 0.3 is 0 Å². The number of pyridine rings is 1. The van der Waals surface area contributed by atoms with Crippen LogP contribution in [-0.4, -0.2) is 36.3 Å². The predicted octanol–water partition coefficient (Wildman–Crippen LogP) is 3.36. The van der Waals surface area contributed by atoms with Crippen LogP contribution in [0.3, 0.4) is 0 Å². The zero-order valence-corrected chi connectivity index (χ0v) is 18.4. The molecule has 1 amide bonds. The quantitative estimate of drug-likeness (QED) is 0.488. The summed E-state index contributed by atoms with van der Waals surface area (Å²) in [5.74, 6) is -0.103. The maximum atomic E-state index is 13.0. The molecule has 1 aliphatic rings. The highest BCUT2D eigenvalue weighted by molar-refractivity contribution is 6.09. The third kappa shape index (κ3) is 5.49. The topological polar surface area (TPSA) is 113 Å². The third-order valence-corrected chi connectivity index (χ3v) is 5.67. The highest BCUT2D eigenvalue weighted by atomic mass is 16.5. The second kappa shape index (κ2) is 10.2. The van der Waals surface area contributed by atoms with Crippen molar-refractivity contribution in [3.05, 3.63) is 64.5 Å². The molecule has 1 fully saturated rings. The molecule has 2 atom stereocenters. The van der Waals surface area contributed by atoms with Gasteiger partial charge in [0, 0.05) is 36.8 Å². The Labute approximate surface area is 183 Å².